The molecule has 0 unspecified atom stereocenters. The van der Waals surface area contributed by atoms with E-state index in [1.54, 1.807) is 29.3 Å². The van der Waals surface area contributed by atoms with Gasteiger partial charge in [0.05, 0.1) is 48.9 Å². The summed E-state index contributed by atoms with van der Waals surface area (Å²) in [5.41, 5.74) is 0.791. The monoisotopic (exact) mass is 527 g/mol. The molecule has 38 heavy (non-hydrogen) atoms. The van der Waals surface area contributed by atoms with E-state index in [9.17, 15) is 17.6 Å². The zero-order chi connectivity index (χ0) is 26.5. The maximum atomic E-state index is 14.2. The number of rotatable bonds is 7. The number of imidazole rings is 1. The third kappa shape index (κ3) is 6.08. The van der Waals surface area contributed by atoms with Gasteiger partial charge in [0.15, 0.2) is 11.6 Å². The highest BCUT2D eigenvalue weighted by molar-refractivity contribution is 5.63. The van der Waals surface area contributed by atoms with Crippen LogP contribution in [-0.2, 0) is 17.5 Å². The van der Waals surface area contributed by atoms with E-state index in [1.807, 2.05) is 0 Å². The topological polar surface area (TPSA) is 106 Å². The summed E-state index contributed by atoms with van der Waals surface area (Å²) in [6.07, 6.45) is 2.48. The minimum atomic E-state index is -4.52. The van der Waals surface area contributed by atoms with Gasteiger partial charge in [0.1, 0.15) is 6.54 Å². The Morgan fingerprint density at radius 1 is 1.03 bits per heavy atom. The molecule has 0 atom stereocenters. The highest BCUT2D eigenvalue weighted by atomic mass is 19.4. The van der Waals surface area contributed by atoms with Gasteiger partial charge in [-0.25, -0.2) is 14.4 Å². The van der Waals surface area contributed by atoms with Crippen LogP contribution in [-0.4, -0.2) is 50.8 Å². The number of pyridine rings is 1. The van der Waals surface area contributed by atoms with Crippen LogP contribution in [0.3, 0.4) is 0 Å². The van der Waals surface area contributed by atoms with Gasteiger partial charge in [-0.1, -0.05) is 0 Å². The Kier molecular flexibility index (Phi) is 7.22. The molecule has 3 aromatic heterocycles. The van der Waals surface area contributed by atoms with Crippen molar-refractivity contribution in [2.24, 2.45) is 10.2 Å². The first kappa shape index (κ1) is 25.2. The fourth-order valence-corrected chi connectivity index (χ4v) is 3.73. The minimum absolute atomic E-state index is 0.0180. The predicted octanol–water partition coefficient (Wildman–Crippen LogP) is 5.08. The summed E-state index contributed by atoms with van der Waals surface area (Å²) in [6.45, 7) is 2.09. The lowest BCUT2D eigenvalue weighted by atomic mass is 10.1. The second kappa shape index (κ2) is 10.9. The van der Waals surface area contributed by atoms with E-state index < -0.39 is 17.6 Å². The number of morpholine rings is 1. The number of halogens is 4. The van der Waals surface area contributed by atoms with Crippen molar-refractivity contribution in [3.8, 4) is 5.69 Å². The molecule has 1 saturated heterocycles. The Hall–Kier alpha value is -4.46. The van der Waals surface area contributed by atoms with Gasteiger partial charge in [0.25, 0.3) is 5.95 Å². The molecule has 196 valence electrons. The zero-order valence-corrected chi connectivity index (χ0v) is 19.8. The standard InChI is InChI=1S/C24H21F4N9O/c25-21-14-31-23(34-22(21)36-5-7-38-8-6-36)35-32-13-17-1-2-18(12-30-17)33-19-9-16(24(26,27)28)10-20(11-19)37-4-3-29-15-37/h1-4,9-12,14-15,33H,5-8,13H2. The number of benzene rings is 1. The second-order valence-electron chi connectivity index (χ2n) is 8.24. The average Bonchev–Trinajstić information content (AvgIpc) is 3.46. The Morgan fingerprint density at radius 2 is 1.87 bits per heavy atom. The van der Waals surface area contributed by atoms with Crippen molar-refractivity contribution in [3.63, 3.8) is 0 Å². The number of ether oxygens (including phenoxy) is 1. The predicted molar refractivity (Wildman–Crippen MR) is 129 cm³/mol. The van der Waals surface area contributed by atoms with Crippen LogP contribution in [0.1, 0.15) is 11.3 Å². The largest absolute Gasteiger partial charge is 0.416 e. The summed E-state index contributed by atoms with van der Waals surface area (Å²) in [4.78, 5) is 17.9. The molecule has 14 heteroatoms. The molecule has 10 nitrogen and oxygen atoms in total. The van der Waals surface area contributed by atoms with Crippen molar-refractivity contribution < 1.29 is 22.3 Å². The summed E-state index contributed by atoms with van der Waals surface area (Å²) in [6, 6.07) is 6.98. The first-order valence-electron chi connectivity index (χ1n) is 11.5. The molecule has 1 aliphatic heterocycles. The zero-order valence-electron chi connectivity index (χ0n) is 19.8. The van der Waals surface area contributed by atoms with E-state index in [0.29, 0.717) is 43.4 Å². The van der Waals surface area contributed by atoms with Crippen molar-refractivity contribution in [1.82, 2.24) is 24.5 Å². The van der Waals surface area contributed by atoms with Gasteiger partial charge in [0.2, 0.25) is 0 Å². The molecule has 0 radical (unpaired) electrons. The summed E-state index contributed by atoms with van der Waals surface area (Å²) >= 11 is 0. The molecule has 0 aliphatic carbocycles. The van der Waals surface area contributed by atoms with Crippen LogP contribution in [0, 0.1) is 5.82 Å². The number of aromatic nitrogens is 5. The third-order valence-electron chi connectivity index (χ3n) is 5.58. The SMILES string of the molecule is Fc1cnc(N=NCc2ccc(Nc3cc(-n4ccnc4)cc(C(F)(F)F)c3)cn2)nc1N1CCOCC1. The molecular weight excluding hydrogens is 506 g/mol. The van der Waals surface area contributed by atoms with Crippen molar-refractivity contribution in [3.05, 3.63) is 78.5 Å². The lowest BCUT2D eigenvalue weighted by Gasteiger charge is -2.27. The molecule has 4 aromatic rings. The number of azo groups is 1. The van der Waals surface area contributed by atoms with Crippen molar-refractivity contribution in [2.45, 2.75) is 12.7 Å². The maximum Gasteiger partial charge on any atom is 0.416 e. The van der Waals surface area contributed by atoms with E-state index in [2.05, 4.69) is 35.5 Å². The highest BCUT2D eigenvalue weighted by Gasteiger charge is 2.31. The van der Waals surface area contributed by atoms with Crippen LogP contribution < -0.4 is 10.2 Å². The van der Waals surface area contributed by atoms with E-state index >= 15 is 0 Å². The third-order valence-corrected chi connectivity index (χ3v) is 5.58. The van der Waals surface area contributed by atoms with Crippen molar-refractivity contribution in [1.29, 1.82) is 0 Å². The first-order valence-corrected chi connectivity index (χ1v) is 11.5. The fourth-order valence-electron chi connectivity index (χ4n) is 3.73. The molecule has 0 amide bonds. The summed E-state index contributed by atoms with van der Waals surface area (Å²) in [7, 11) is 0. The molecule has 0 saturated carbocycles. The Morgan fingerprint density at radius 3 is 2.58 bits per heavy atom. The van der Waals surface area contributed by atoms with Gasteiger partial charge in [-0.3, -0.25) is 4.98 Å². The number of hydrogen-bond acceptors (Lipinski definition) is 9. The lowest BCUT2D eigenvalue weighted by Crippen LogP contribution is -2.37. The van der Waals surface area contributed by atoms with Crippen molar-refractivity contribution >= 4 is 23.1 Å². The van der Waals surface area contributed by atoms with Gasteiger partial charge in [0, 0.05) is 36.9 Å². The molecule has 1 aromatic carbocycles. The first-order chi connectivity index (χ1) is 18.3. The fraction of sp³-hybridized carbons (Fsp3) is 0.250. The van der Waals surface area contributed by atoms with Gasteiger partial charge < -0.3 is 19.5 Å². The normalized spacial score (nSPS) is 14.3. The lowest BCUT2D eigenvalue weighted by molar-refractivity contribution is -0.137. The molecule has 1 N–H and O–H groups in total. The molecule has 4 heterocycles. The van der Waals surface area contributed by atoms with Crippen LogP contribution >= 0.6 is 0 Å². The van der Waals surface area contributed by atoms with E-state index in [-0.39, 0.29) is 24.0 Å². The van der Waals surface area contributed by atoms with Crippen LogP contribution in [0.15, 0.2) is 71.7 Å². The maximum absolute atomic E-state index is 14.2. The average molecular weight is 527 g/mol. The number of alkyl halides is 3. The Labute approximate surface area is 214 Å². The molecule has 1 fully saturated rings. The van der Waals surface area contributed by atoms with Crippen LogP contribution in [0.25, 0.3) is 5.69 Å². The minimum Gasteiger partial charge on any atom is -0.378 e. The summed E-state index contributed by atoms with van der Waals surface area (Å²) < 4.78 is 61.2. The summed E-state index contributed by atoms with van der Waals surface area (Å²) in [5, 5.41) is 11.0. The molecular formula is C24H21F4N9O. The highest BCUT2D eigenvalue weighted by Crippen LogP contribution is 2.33. The van der Waals surface area contributed by atoms with Gasteiger partial charge in [-0.15, -0.1) is 5.11 Å². The van der Waals surface area contributed by atoms with E-state index in [1.165, 1.54) is 23.3 Å². The molecule has 0 bridgehead atoms. The molecule has 1 aliphatic rings. The van der Waals surface area contributed by atoms with Gasteiger partial charge in [-0.2, -0.15) is 23.3 Å². The smallest absolute Gasteiger partial charge is 0.378 e. The van der Waals surface area contributed by atoms with Crippen LogP contribution in [0.5, 0.6) is 0 Å². The van der Waals surface area contributed by atoms with Gasteiger partial charge in [-0.05, 0) is 30.3 Å². The molecule has 0 spiro atoms. The van der Waals surface area contributed by atoms with Crippen LogP contribution in [0.2, 0.25) is 0 Å². The Balaban J connectivity index is 1.26. The number of nitrogens with one attached hydrogen (secondary N) is 1. The van der Waals surface area contributed by atoms with E-state index in [0.717, 1.165) is 18.3 Å². The molecule has 5 rings (SSSR count). The quantitative estimate of drug-likeness (QED) is 0.264. The Bertz CT molecular complexity index is 1400. The second-order valence-corrected chi connectivity index (χ2v) is 8.24. The summed E-state index contributed by atoms with van der Waals surface area (Å²) in [5.74, 6) is -0.380. The van der Waals surface area contributed by atoms with Crippen LogP contribution in [0.4, 0.5) is 40.7 Å². The number of nitrogens with zero attached hydrogens (tertiary/aromatic N) is 8. The van der Waals surface area contributed by atoms with E-state index in [4.69, 9.17) is 4.74 Å². The number of anilines is 3. The van der Waals surface area contributed by atoms with Gasteiger partial charge >= 0.3 is 6.18 Å². The number of hydrogen-bond donors (Lipinski definition) is 1. The van der Waals surface area contributed by atoms with Crippen molar-refractivity contribution in [2.75, 3.05) is 36.5 Å².